The minimum Gasteiger partial charge on any atom is -0.381 e. The van der Waals surface area contributed by atoms with Crippen molar-refractivity contribution in [3.8, 4) is 0 Å². The second-order valence-corrected chi connectivity index (χ2v) is 4.84. The van der Waals surface area contributed by atoms with Crippen LogP contribution in [-0.4, -0.2) is 42.1 Å². The molecule has 1 saturated heterocycles. The van der Waals surface area contributed by atoms with Gasteiger partial charge in [-0.3, -0.25) is 9.78 Å². The van der Waals surface area contributed by atoms with Crippen molar-refractivity contribution in [2.75, 3.05) is 26.3 Å². The summed E-state index contributed by atoms with van der Waals surface area (Å²) in [5, 5.41) is 0. The zero-order chi connectivity index (χ0) is 13.7. The minimum atomic E-state index is -0.557. The molecule has 0 N–H and O–H groups in total. The van der Waals surface area contributed by atoms with Gasteiger partial charge < -0.3 is 9.64 Å². The lowest BCUT2D eigenvalue weighted by molar-refractivity contribution is 0.0750. The Morgan fingerprint density at radius 2 is 2.47 bits per heavy atom. The number of carbonyl (C=O) groups excluding carboxylic acids is 1. The summed E-state index contributed by atoms with van der Waals surface area (Å²) in [6.45, 7) is 4.81. The smallest absolute Gasteiger partial charge is 0.256 e. The number of aromatic nitrogens is 1. The van der Waals surface area contributed by atoms with Crippen LogP contribution in [0.1, 0.15) is 30.1 Å². The number of amides is 1. The fourth-order valence-electron chi connectivity index (χ4n) is 2.27. The van der Waals surface area contributed by atoms with Gasteiger partial charge in [0.1, 0.15) is 0 Å². The molecule has 1 atom stereocenters. The Labute approximate surface area is 112 Å². The predicted octanol–water partition coefficient (Wildman–Crippen LogP) is 2.11. The summed E-state index contributed by atoms with van der Waals surface area (Å²) in [6, 6.07) is 1.43. The summed E-state index contributed by atoms with van der Waals surface area (Å²) < 4.78 is 19.0. The molecule has 5 heteroatoms. The van der Waals surface area contributed by atoms with Gasteiger partial charge in [0.2, 0.25) is 0 Å². The Balaban J connectivity index is 1.90. The largest absolute Gasteiger partial charge is 0.381 e. The van der Waals surface area contributed by atoms with Crippen LogP contribution in [-0.2, 0) is 4.74 Å². The normalized spacial score (nSPS) is 18.8. The van der Waals surface area contributed by atoms with E-state index in [-0.39, 0.29) is 11.5 Å². The third-order valence-electron chi connectivity index (χ3n) is 3.28. The van der Waals surface area contributed by atoms with Gasteiger partial charge in [0.05, 0.1) is 18.4 Å². The molecule has 4 nitrogen and oxygen atoms in total. The van der Waals surface area contributed by atoms with Crippen LogP contribution in [0.3, 0.4) is 0 Å². The van der Waals surface area contributed by atoms with Crippen LogP contribution in [0.2, 0.25) is 0 Å². The summed E-state index contributed by atoms with van der Waals surface area (Å²) in [6.07, 6.45) is 4.43. The monoisotopic (exact) mass is 266 g/mol. The number of halogens is 1. The van der Waals surface area contributed by atoms with Crippen LogP contribution >= 0.6 is 0 Å². The molecule has 1 aromatic heterocycles. The zero-order valence-electron chi connectivity index (χ0n) is 11.1. The van der Waals surface area contributed by atoms with Gasteiger partial charge in [-0.1, -0.05) is 6.92 Å². The summed E-state index contributed by atoms with van der Waals surface area (Å²) in [4.78, 5) is 17.5. The second-order valence-electron chi connectivity index (χ2n) is 4.84. The topological polar surface area (TPSA) is 42.4 Å². The number of hydrogen-bond donors (Lipinski definition) is 0. The molecule has 0 bridgehead atoms. The van der Waals surface area contributed by atoms with E-state index in [0.717, 1.165) is 25.6 Å². The van der Waals surface area contributed by atoms with E-state index in [1.54, 1.807) is 4.90 Å². The average Bonchev–Trinajstić information content (AvgIpc) is 2.88. The molecule has 1 aliphatic rings. The van der Waals surface area contributed by atoms with Crippen molar-refractivity contribution < 1.29 is 13.9 Å². The Kier molecular flexibility index (Phi) is 4.85. The van der Waals surface area contributed by atoms with Crippen molar-refractivity contribution in [2.24, 2.45) is 5.92 Å². The lowest BCUT2D eigenvalue weighted by Gasteiger charge is -2.16. The molecule has 104 valence electrons. The average molecular weight is 266 g/mol. The molecule has 19 heavy (non-hydrogen) atoms. The molecule has 1 aliphatic heterocycles. The van der Waals surface area contributed by atoms with Gasteiger partial charge in [0.15, 0.2) is 5.82 Å². The SMILES string of the molecule is CCCOC[C@H]1CCN(C(=O)c2ccncc2F)C1. The van der Waals surface area contributed by atoms with E-state index in [4.69, 9.17) is 4.74 Å². The van der Waals surface area contributed by atoms with Gasteiger partial charge in [-0.2, -0.15) is 0 Å². The highest BCUT2D eigenvalue weighted by atomic mass is 19.1. The maximum absolute atomic E-state index is 13.5. The molecule has 0 radical (unpaired) electrons. The van der Waals surface area contributed by atoms with Gasteiger partial charge in [-0.25, -0.2) is 4.39 Å². The lowest BCUT2D eigenvalue weighted by Crippen LogP contribution is -2.30. The molecular weight excluding hydrogens is 247 g/mol. The van der Waals surface area contributed by atoms with E-state index in [9.17, 15) is 9.18 Å². The van der Waals surface area contributed by atoms with Crippen molar-refractivity contribution >= 4 is 5.91 Å². The number of nitrogens with zero attached hydrogens (tertiary/aromatic N) is 2. The lowest BCUT2D eigenvalue weighted by atomic mass is 10.1. The fraction of sp³-hybridized carbons (Fsp3) is 0.571. The summed E-state index contributed by atoms with van der Waals surface area (Å²) in [5.74, 6) is -0.448. The molecule has 2 heterocycles. The Hall–Kier alpha value is -1.49. The van der Waals surface area contributed by atoms with Gasteiger partial charge in [-0.05, 0) is 18.9 Å². The van der Waals surface area contributed by atoms with Crippen molar-refractivity contribution in [1.29, 1.82) is 0 Å². The van der Waals surface area contributed by atoms with Crippen molar-refractivity contribution in [2.45, 2.75) is 19.8 Å². The van der Waals surface area contributed by atoms with Gasteiger partial charge >= 0.3 is 0 Å². The number of pyridine rings is 1. The molecule has 0 aliphatic carbocycles. The van der Waals surface area contributed by atoms with E-state index >= 15 is 0 Å². The first-order chi connectivity index (χ1) is 9.22. The van der Waals surface area contributed by atoms with Crippen LogP contribution in [0, 0.1) is 11.7 Å². The molecule has 0 spiro atoms. The second kappa shape index (κ2) is 6.61. The van der Waals surface area contributed by atoms with E-state index in [1.807, 2.05) is 0 Å². The molecule has 0 unspecified atom stereocenters. The van der Waals surface area contributed by atoms with E-state index in [2.05, 4.69) is 11.9 Å². The number of hydrogen-bond acceptors (Lipinski definition) is 3. The maximum Gasteiger partial charge on any atom is 0.256 e. The summed E-state index contributed by atoms with van der Waals surface area (Å²) >= 11 is 0. The van der Waals surface area contributed by atoms with Gasteiger partial charge in [-0.15, -0.1) is 0 Å². The van der Waals surface area contributed by atoms with Gasteiger partial charge in [0, 0.05) is 31.8 Å². The van der Waals surface area contributed by atoms with E-state index < -0.39 is 5.82 Å². The quantitative estimate of drug-likeness (QED) is 0.767. The van der Waals surface area contributed by atoms with E-state index in [0.29, 0.717) is 25.6 Å². The Morgan fingerprint density at radius 1 is 1.63 bits per heavy atom. The first-order valence-electron chi connectivity index (χ1n) is 6.69. The molecule has 2 rings (SSSR count). The molecule has 0 aromatic carbocycles. The van der Waals surface area contributed by atoms with Crippen molar-refractivity contribution in [3.63, 3.8) is 0 Å². The highest BCUT2D eigenvalue weighted by Crippen LogP contribution is 2.19. The van der Waals surface area contributed by atoms with Crippen LogP contribution in [0.4, 0.5) is 4.39 Å². The maximum atomic E-state index is 13.5. The van der Waals surface area contributed by atoms with Crippen LogP contribution in [0.25, 0.3) is 0 Å². The number of carbonyl (C=O) groups is 1. The third-order valence-corrected chi connectivity index (χ3v) is 3.28. The molecular formula is C14H19FN2O2. The predicted molar refractivity (Wildman–Crippen MR) is 69.3 cm³/mol. The molecule has 1 amide bonds. The number of ether oxygens (including phenoxy) is 1. The van der Waals surface area contributed by atoms with Crippen LogP contribution in [0.15, 0.2) is 18.5 Å². The van der Waals surface area contributed by atoms with Crippen LogP contribution < -0.4 is 0 Å². The first kappa shape index (κ1) is 13.9. The highest BCUT2D eigenvalue weighted by Gasteiger charge is 2.28. The standard InChI is InChI=1S/C14H19FN2O2/c1-2-7-19-10-11-4-6-17(9-11)14(18)12-3-5-16-8-13(12)15/h3,5,8,11H,2,4,6-7,9-10H2,1H3/t11-/m0/s1. The van der Waals surface area contributed by atoms with Gasteiger partial charge in [0.25, 0.3) is 5.91 Å². The number of likely N-dealkylation sites (tertiary alicyclic amines) is 1. The molecule has 0 saturated carbocycles. The Bertz CT molecular complexity index is 439. The summed E-state index contributed by atoms with van der Waals surface area (Å²) in [5.41, 5.74) is 0.102. The molecule has 1 fully saturated rings. The van der Waals surface area contributed by atoms with Crippen molar-refractivity contribution in [3.05, 3.63) is 29.8 Å². The molecule has 1 aromatic rings. The first-order valence-corrected chi connectivity index (χ1v) is 6.69. The Morgan fingerprint density at radius 3 is 3.21 bits per heavy atom. The highest BCUT2D eigenvalue weighted by molar-refractivity contribution is 5.94. The fourth-order valence-corrected chi connectivity index (χ4v) is 2.27. The van der Waals surface area contributed by atoms with Crippen molar-refractivity contribution in [1.82, 2.24) is 9.88 Å². The van der Waals surface area contributed by atoms with E-state index in [1.165, 1.54) is 12.3 Å². The van der Waals surface area contributed by atoms with Crippen LogP contribution in [0.5, 0.6) is 0 Å². The third kappa shape index (κ3) is 3.50. The zero-order valence-corrected chi connectivity index (χ0v) is 11.1. The minimum absolute atomic E-state index is 0.102. The summed E-state index contributed by atoms with van der Waals surface area (Å²) in [7, 11) is 0. The number of rotatable bonds is 5.